The molecule has 0 saturated carbocycles. The van der Waals surface area contributed by atoms with Crippen LogP contribution in [0, 0.1) is 0 Å². The molecule has 4 atom stereocenters. The molecule has 1 fully saturated rings. The zero-order chi connectivity index (χ0) is 25.1. The topological polar surface area (TPSA) is 188 Å². The van der Waals surface area contributed by atoms with E-state index in [2.05, 4.69) is 10.6 Å². The summed E-state index contributed by atoms with van der Waals surface area (Å²) in [6, 6.07) is 4.96. The number of likely N-dealkylation sites (tertiary alicyclic amines) is 1. The quantitative estimate of drug-likeness (QED) is 0.189. The zero-order valence-electron chi connectivity index (χ0n) is 19.2. The Balaban J connectivity index is 2.15. The molecular formula is C23H35N5O6. The van der Waals surface area contributed by atoms with Crippen LogP contribution < -0.4 is 22.1 Å². The standard InChI is InChI=1S/C23H35N5O6/c24-11-5-4-9-17(23(33)34)26-21(31)19-10-6-12-28(19)22(32)18(27-20(30)16(25)14-29)13-15-7-2-1-3-8-15/h1-3,7-8,16-19,29H,4-6,9-14,24-25H2,(H,26,31)(H,27,30)(H,33,34). The van der Waals surface area contributed by atoms with Gasteiger partial charge in [0.15, 0.2) is 0 Å². The van der Waals surface area contributed by atoms with E-state index in [9.17, 15) is 29.4 Å². The van der Waals surface area contributed by atoms with Gasteiger partial charge in [0.05, 0.1) is 6.61 Å². The van der Waals surface area contributed by atoms with Crippen molar-refractivity contribution in [3.63, 3.8) is 0 Å². The maximum atomic E-state index is 13.4. The zero-order valence-corrected chi connectivity index (χ0v) is 19.2. The minimum Gasteiger partial charge on any atom is -0.480 e. The summed E-state index contributed by atoms with van der Waals surface area (Å²) < 4.78 is 0. The lowest BCUT2D eigenvalue weighted by molar-refractivity contribution is -0.145. The van der Waals surface area contributed by atoms with Crippen molar-refractivity contribution in [3.8, 4) is 0 Å². The molecule has 0 bridgehead atoms. The van der Waals surface area contributed by atoms with Crippen LogP contribution >= 0.6 is 0 Å². The molecule has 1 aromatic carbocycles. The lowest BCUT2D eigenvalue weighted by Gasteiger charge is -2.30. The molecular weight excluding hydrogens is 442 g/mol. The number of rotatable bonds is 13. The van der Waals surface area contributed by atoms with Crippen molar-refractivity contribution in [2.75, 3.05) is 19.7 Å². The average molecular weight is 478 g/mol. The molecule has 1 aromatic rings. The Bertz CT molecular complexity index is 836. The highest BCUT2D eigenvalue weighted by Crippen LogP contribution is 2.20. The molecule has 1 aliphatic heterocycles. The van der Waals surface area contributed by atoms with E-state index >= 15 is 0 Å². The van der Waals surface area contributed by atoms with Gasteiger partial charge >= 0.3 is 5.97 Å². The van der Waals surface area contributed by atoms with Crippen LogP contribution in [0.25, 0.3) is 0 Å². The van der Waals surface area contributed by atoms with Gasteiger partial charge in [0.1, 0.15) is 24.2 Å². The summed E-state index contributed by atoms with van der Waals surface area (Å²) in [6.45, 7) is 0.155. The SMILES string of the molecule is NCCCCC(NC(=O)C1CCCN1C(=O)C(Cc1ccccc1)NC(=O)C(N)CO)C(=O)O. The molecule has 0 spiro atoms. The summed E-state index contributed by atoms with van der Waals surface area (Å²) in [7, 11) is 0. The molecule has 11 heteroatoms. The molecule has 4 unspecified atom stereocenters. The van der Waals surface area contributed by atoms with Gasteiger partial charge in [0.25, 0.3) is 0 Å². The first kappa shape index (κ1) is 27.2. The number of unbranched alkanes of at least 4 members (excludes halogenated alkanes) is 1. The summed E-state index contributed by atoms with van der Waals surface area (Å²) in [5, 5.41) is 23.8. The third kappa shape index (κ3) is 7.79. The molecule has 1 aliphatic rings. The molecule has 8 N–H and O–H groups in total. The number of benzene rings is 1. The van der Waals surface area contributed by atoms with E-state index in [-0.39, 0.29) is 12.8 Å². The highest BCUT2D eigenvalue weighted by Gasteiger charge is 2.39. The van der Waals surface area contributed by atoms with Gasteiger partial charge in [-0.15, -0.1) is 0 Å². The molecule has 0 aliphatic carbocycles. The second kappa shape index (κ2) is 13.6. The van der Waals surface area contributed by atoms with Crippen molar-refractivity contribution in [2.24, 2.45) is 11.5 Å². The van der Waals surface area contributed by atoms with Gasteiger partial charge in [-0.1, -0.05) is 30.3 Å². The molecule has 34 heavy (non-hydrogen) atoms. The van der Waals surface area contributed by atoms with E-state index in [1.807, 2.05) is 18.2 Å². The Hall–Kier alpha value is -3.02. The van der Waals surface area contributed by atoms with Crippen molar-refractivity contribution in [1.29, 1.82) is 0 Å². The molecule has 1 heterocycles. The van der Waals surface area contributed by atoms with Crippen molar-refractivity contribution >= 4 is 23.7 Å². The van der Waals surface area contributed by atoms with Crippen molar-refractivity contribution < 1.29 is 29.4 Å². The van der Waals surface area contributed by atoms with E-state index in [4.69, 9.17) is 11.5 Å². The Morgan fingerprint density at radius 1 is 1.09 bits per heavy atom. The highest BCUT2D eigenvalue weighted by atomic mass is 16.4. The Labute approximate surface area is 198 Å². The Morgan fingerprint density at radius 2 is 1.79 bits per heavy atom. The summed E-state index contributed by atoms with van der Waals surface area (Å²) in [4.78, 5) is 51.7. The number of aliphatic hydroxyl groups excluding tert-OH is 1. The van der Waals surface area contributed by atoms with Crippen molar-refractivity contribution in [2.45, 2.75) is 62.7 Å². The van der Waals surface area contributed by atoms with E-state index in [1.165, 1.54) is 4.90 Å². The predicted octanol–water partition coefficient (Wildman–Crippen LogP) is -1.28. The normalized spacial score (nSPS) is 18.1. The van der Waals surface area contributed by atoms with E-state index in [0.29, 0.717) is 38.8 Å². The number of amides is 3. The number of carbonyl (C=O) groups is 4. The minimum atomic E-state index is -1.19. The van der Waals surface area contributed by atoms with Gasteiger partial charge in [-0.2, -0.15) is 0 Å². The van der Waals surface area contributed by atoms with Crippen LogP contribution in [0.4, 0.5) is 0 Å². The van der Waals surface area contributed by atoms with Crippen LogP contribution in [-0.2, 0) is 25.6 Å². The lowest BCUT2D eigenvalue weighted by atomic mass is 10.0. The lowest BCUT2D eigenvalue weighted by Crippen LogP contribution is -2.57. The minimum absolute atomic E-state index is 0.172. The van der Waals surface area contributed by atoms with Crippen LogP contribution in [0.15, 0.2) is 30.3 Å². The van der Waals surface area contributed by atoms with E-state index < -0.39 is 54.5 Å². The molecule has 11 nitrogen and oxygen atoms in total. The number of carboxylic acids is 1. The molecule has 188 valence electrons. The van der Waals surface area contributed by atoms with Gasteiger partial charge in [0, 0.05) is 13.0 Å². The monoisotopic (exact) mass is 477 g/mol. The largest absolute Gasteiger partial charge is 0.480 e. The summed E-state index contributed by atoms with van der Waals surface area (Å²) >= 11 is 0. The first-order valence-electron chi connectivity index (χ1n) is 11.5. The van der Waals surface area contributed by atoms with E-state index in [1.54, 1.807) is 12.1 Å². The second-order valence-electron chi connectivity index (χ2n) is 8.41. The van der Waals surface area contributed by atoms with Crippen LogP contribution in [0.1, 0.15) is 37.7 Å². The maximum Gasteiger partial charge on any atom is 0.326 e. The predicted molar refractivity (Wildman–Crippen MR) is 124 cm³/mol. The van der Waals surface area contributed by atoms with Crippen LogP contribution in [0.3, 0.4) is 0 Å². The third-order valence-electron chi connectivity index (χ3n) is 5.83. The first-order chi connectivity index (χ1) is 16.3. The van der Waals surface area contributed by atoms with Gasteiger partial charge < -0.3 is 37.2 Å². The number of aliphatic carboxylic acids is 1. The summed E-state index contributed by atoms with van der Waals surface area (Å²) in [6.07, 6.45) is 2.56. The smallest absolute Gasteiger partial charge is 0.326 e. The number of aliphatic hydroxyl groups is 1. The number of nitrogens with zero attached hydrogens (tertiary/aromatic N) is 1. The van der Waals surface area contributed by atoms with Gasteiger partial charge in [-0.3, -0.25) is 14.4 Å². The van der Waals surface area contributed by atoms with Gasteiger partial charge in [0.2, 0.25) is 17.7 Å². The van der Waals surface area contributed by atoms with Gasteiger partial charge in [-0.05, 0) is 44.2 Å². The molecule has 3 amide bonds. The van der Waals surface area contributed by atoms with Crippen LogP contribution in [0.5, 0.6) is 0 Å². The third-order valence-corrected chi connectivity index (χ3v) is 5.83. The molecule has 1 saturated heterocycles. The van der Waals surface area contributed by atoms with Crippen molar-refractivity contribution in [1.82, 2.24) is 15.5 Å². The van der Waals surface area contributed by atoms with Crippen molar-refractivity contribution in [3.05, 3.63) is 35.9 Å². The first-order valence-corrected chi connectivity index (χ1v) is 11.5. The number of nitrogens with two attached hydrogens (primary N) is 2. The van der Waals surface area contributed by atoms with E-state index in [0.717, 1.165) is 5.56 Å². The molecule has 0 radical (unpaired) electrons. The average Bonchev–Trinajstić information content (AvgIpc) is 3.32. The fourth-order valence-corrected chi connectivity index (χ4v) is 3.93. The number of hydrogen-bond donors (Lipinski definition) is 6. The Kier molecular flexibility index (Phi) is 10.9. The number of hydrogen-bond acceptors (Lipinski definition) is 7. The Morgan fingerprint density at radius 3 is 2.41 bits per heavy atom. The fourth-order valence-electron chi connectivity index (χ4n) is 3.93. The summed E-state index contributed by atoms with van der Waals surface area (Å²) in [5.41, 5.74) is 11.9. The summed E-state index contributed by atoms with van der Waals surface area (Å²) in [5.74, 6) is -2.82. The maximum absolute atomic E-state index is 13.4. The number of carboxylic acid groups (broad SMARTS) is 1. The molecule has 0 aromatic heterocycles. The highest BCUT2D eigenvalue weighted by molar-refractivity contribution is 5.94. The second-order valence-corrected chi connectivity index (χ2v) is 8.41. The number of nitrogens with one attached hydrogen (secondary N) is 2. The van der Waals surface area contributed by atoms with Gasteiger partial charge in [-0.25, -0.2) is 4.79 Å². The van der Waals surface area contributed by atoms with Crippen LogP contribution in [0.2, 0.25) is 0 Å². The van der Waals surface area contributed by atoms with Crippen LogP contribution in [-0.4, -0.2) is 82.7 Å². The molecule has 2 rings (SSSR count). The fraction of sp³-hybridized carbons (Fsp3) is 0.565. The number of carbonyl (C=O) groups excluding carboxylic acids is 3.